The predicted molar refractivity (Wildman–Crippen MR) is 47.1 cm³/mol. The first-order chi connectivity index (χ1) is 6.83. The summed E-state index contributed by atoms with van der Waals surface area (Å²) in [7, 11) is 0. The van der Waals surface area contributed by atoms with Gasteiger partial charge in [-0.1, -0.05) is 0 Å². The molecule has 0 fully saturated rings. The number of hydrogen-bond donors (Lipinski definition) is 1. The van der Waals surface area contributed by atoms with Gasteiger partial charge < -0.3 is 10.5 Å². The standard InChI is InChI=1S/C8H6ClF4NO/c9-8(13,7(11)12)15-4-1-2-6(14)5(10)3-4/h1-3,7H,14H2. The normalized spacial score (nSPS) is 15.1. The average Bonchev–Trinajstić information content (AvgIpc) is 2.10. The lowest BCUT2D eigenvalue weighted by Crippen LogP contribution is -2.32. The van der Waals surface area contributed by atoms with Crippen LogP contribution in [-0.2, 0) is 0 Å². The Labute approximate surface area is 87.6 Å². The van der Waals surface area contributed by atoms with Gasteiger partial charge in [-0.2, -0.15) is 4.39 Å². The van der Waals surface area contributed by atoms with E-state index in [-0.39, 0.29) is 5.69 Å². The molecule has 1 unspecified atom stereocenters. The van der Waals surface area contributed by atoms with Crippen LogP contribution in [0.1, 0.15) is 0 Å². The fraction of sp³-hybridized carbons (Fsp3) is 0.250. The number of nitrogens with two attached hydrogens (primary N) is 1. The van der Waals surface area contributed by atoms with Crippen LogP contribution < -0.4 is 10.5 Å². The number of hydrogen-bond acceptors (Lipinski definition) is 2. The molecule has 0 heterocycles. The van der Waals surface area contributed by atoms with E-state index in [1.807, 2.05) is 0 Å². The van der Waals surface area contributed by atoms with E-state index >= 15 is 0 Å². The molecule has 2 N–H and O–H groups in total. The number of nitrogen functional groups attached to an aromatic ring is 1. The van der Waals surface area contributed by atoms with Crippen LogP contribution in [0.4, 0.5) is 23.2 Å². The van der Waals surface area contributed by atoms with Gasteiger partial charge in [0.15, 0.2) is 0 Å². The summed E-state index contributed by atoms with van der Waals surface area (Å²) in [5.41, 5.74) is 4.90. The van der Waals surface area contributed by atoms with Crippen molar-refractivity contribution in [3.63, 3.8) is 0 Å². The molecule has 15 heavy (non-hydrogen) atoms. The maximum absolute atomic E-state index is 12.8. The highest BCUT2D eigenvalue weighted by Crippen LogP contribution is 2.30. The van der Waals surface area contributed by atoms with Crippen molar-refractivity contribution in [1.29, 1.82) is 0 Å². The Kier molecular flexibility index (Phi) is 3.28. The quantitative estimate of drug-likeness (QED) is 0.503. The maximum atomic E-state index is 12.8. The van der Waals surface area contributed by atoms with Gasteiger partial charge in [-0.15, -0.1) is 0 Å². The molecule has 0 aliphatic rings. The zero-order valence-corrected chi connectivity index (χ0v) is 7.94. The summed E-state index contributed by atoms with van der Waals surface area (Å²) in [5, 5.41) is -3.68. The highest BCUT2D eigenvalue weighted by Gasteiger charge is 2.41. The summed E-state index contributed by atoms with van der Waals surface area (Å²) in [4.78, 5) is 0. The van der Waals surface area contributed by atoms with Crippen molar-refractivity contribution in [1.82, 2.24) is 0 Å². The number of benzene rings is 1. The first-order valence-electron chi connectivity index (χ1n) is 3.73. The molecule has 0 radical (unpaired) electrons. The molecule has 1 rings (SSSR count). The Morgan fingerprint density at radius 2 is 2.00 bits per heavy atom. The lowest BCUT2D eigenvalue weighted by atomic mass is 10.3. The number of ether oxygens (including phenoxy) is 1. The Hall–Kier alpha value is -1.17. The van der Waals surface area contributed by atoms with Gasteiger partial charge in [-0.05, 0) is 23.7 Å². The molecule has 0 amide bonds. The SMILES string of the molecule is Nc1ccc(OC(F)(Cl)C(F)F)cc1F. The second-order valence-corrected chi connectivity index (χ2v) is 3.16. The Morgan fingerprint density at radius 1 is 1.40 bits per heavy atom. The fourth-order valence-electron chi connectivity index (χ4n) is 0.773. The van der Waals surface area contributed by atoms with E-state index in [1.165, 1.54) is 0 Å². The molecule has 0 aromatic heterocycles. The van der Waals surface area contributed by atoms with E-state index in [1.54, 1.807) is 0 Å². The molecule has 0 aliphatic carbocycles. The summed E-state index contributed by atoms with van der Waals surface area (Å²) in [5.74, 6) is -1.38. The van der Waals surface area contributed by atoms with Crippen LogP contribution in [0.5, 0.6) is 5.75 Å². The van der Waals surface area contributed by atoms with Crippen molar-refractivity contribution in [3.05, 3.63) is 24.0 Å². The molecule has 84 valence electrons. The lowest BCUT2D eigenvalue weighted by molar-refractivity contribution is -0.103. The van der Waals surface area contributed by atoms with Crippen molar-refractivity contribution in [3.8, 4) is 5.75 Å². The van der Waals surface area contributed by atoms with Gasteiger partial charge in [-0.25, -0.2) is 13.2 Å². The first-order valence-corrected chi connectivity index (χ1v) is 4.10. The van der Waals surface area contributed by atoms with Crippen molar-refractivity contribution >= 4 is 17.3 Å². The Morgan fingerprint density at radius 3 is 2.47 bits per heavy atom. The van der Waals surface area contributed by atoms with Gasteiger partial charge in [-0.3, -0.25) is 0 Å². The van der Waals surface area contributed by atoms with Crippen LogP contribution in [0, 0.1) is 5.82 Å². The third-order valence-electron chi connectivity index (χ3n) is 1.48. The van der Waals surface area contributed by atoms with E-state index in [0.717, 1.165) is 12.1 Å². The summed E-state index contributed by atoms with van der Waals surface area (Å²) in [6.45, 7) is 0. The van der Waals surface area contributed by atoms with Crippen molar-refractivity contribution in [2.75, 3.05) is 5.73 Å². The van der Waals surface area contributed by atoms with Crippen LogP contribution in [0.25, 0.3) is 0 Å². The van der Waals surface area contributed by atoms with E-state index < -0.39 is 23.3 Å². The molecule has 0 bridgehead atoms. The van der Waals surface area contributed by atoms with Crippen LogP contribution in [-0.4, -0.2) is 11.7 Å². The summed E-state index contributed by atoms with van der Waals surface area (Å²) >= 11 is 4.71. The third kappa shape index (κ3) is 2.89. The highest BCUT2D eigenvalue weighted by atomic mass is 35.5. The topological polar surface area (TPSA) is 35.2 Å². The molecule has 0 aliphatic heterocycles. The molecule has 0 spiro atoms. The molecular weight excluding hydrogens is 238 g/mol. The molecular formula is C8H6ClF4NO. The summed E-state index contributed by atoms with van der Waals surface area (Å²) in [6.07, 6.45) is -3.56. The minimum Gasteiger partial charge on any atom is -0.441 e. The maximum Gasteiger partial charge on any atom is 0.388 e. The Balaban J connectivity index is 2.86. The van der Waals surface area contributed by atoms with Crippen molar-refractivity contribution in [2.24, 2.45) is 0 Å². The van der Waals surface area contributed by atoms with E-state index in [2.05, 4.69) is 4.74 Å². The number of halogens is 5. The van der Waals surface area contributed by atoms with Gasteiger partial charge in [0, 0.05) is 6.07 Å². The second kappa shape index (κ2) is 4.14. The minimum absolute atomic E-state index is 0.210. The summed E-state index contributed by atoms with van der Waals surface area (Å²) in [6, 6.07) is 2.73. The highest BCUT2D eigenvalue weighted by molar-refractivity contribution is 6.22. The van der Waals surface area contributed by atoms with Crippen molar-refractivity contribution < 1.29 is 22.3 Å². The predicted octanol–water partition coefficient (Wildman–Crippen LogP) is 2.91. The van der Waals surface area contributed by atoms with E-state index in [4.69, 9.17) is 17.3 Å². The number of alkyl halides is 4. The van der Waals surface area contributed by atoms with Gasteiger partial charge >= 0.3 is 11.7 Å². The zero-order chi connectivity index (χ0) is 11.6. The van der Waals surface area contributed by atoms with E-state index in [0.29, 0.717) is 6.07 Å². The smallest absolute Gasteiger partial charge is 0.388 e. The van der Waals surface area contributed by atoms with Crippen LogP contribution in [0.2, 0.25) is 0 Å². The van der Waals surface area contributed by atoms with E-state index in [9.17, 15) is 17.6 Å². The zero-order valence-electron chi connectivity index (χ0n) is 7.18. The third-order valence-corrected chi connectivity index (χ3v) is 1.72. The molecule has 0 saturated heterocycles. The van der Waals surface area contributed by atoms with Crippen LogP contribution >= 0.6 is 11.6 Å². The molecule has 1 atom stereocenters. The second-order valence-electron chi connectivity index (χ2n) is 2.65. The average molecular weight is 244 g/mol. The van der Waals surface area contributed by atoms with Crippen LogP contribution in [0.3, 0.4) is 0 Å². The van der Waals surface area contributed by atoms with Gasteiger partial charge in [0.1, 0.15) is 11.6 Å². The molecule has 1 aromatic rings. The lowest BCUT2D eigenvalue weighted by Gasteiger charge is -2.18. The largest absolute Gasteiger partial charge is 0.441 e. The number of rotatable bonds is 3. The molecule has 1 aromatic carbocycles. The molecule has 2 nitrogen and oxygen atoms in total. The van der Waals surface area contributed by atoms with Gasteiger partial charge in [0.05, 0.1) is 5.69 Å². The first kappa shape index (κ1) is 11.9. The molecule has 0 saturated carbocycles. The van der Waals surface area contributed by atoms with Gasteiger partial charge in [0.25, 0.3) is 0 Å². The monoisotopic (exact) mass is 243 g/mol. The fourth-order valence-corrected chi connectivity index (χ4v) is 0.862. The Bertz CT molecular complexity index is 358. The minimum atomic E-state index is -3.68. The number of anilines is 1. The van der Waals surface area contributed by atoms with Gasteiger partial charge in [0.2, 0.25) is 0 Å². The molecule has 7 heteroatoms. The van der Waals surface area contributed by atoms with Crippen molar-refractivity contribution in [2.45, 2.75) is 11.7 Å². The van der Waals surface area contributed by atoms with Crippen LogP contribution in [0.15, 0.2) is 18.2 Å². The summed E-state index contributed by atoms with van der Waals surface area (Å²) < 4.78 is 53.5.